The Hall–Kier alpha value is -2.35. The third kappa shape index (κ3) is 2.69. The maximum Gasteiger partial charge on any atom is 0.407 e. The zero-order valence-electron chi connectivity index (χ0n) is 11.5. The minimum absolute atomic E-state index is 0.201. The first-order chi connectivity index (χ1) is 10.6. The predicted octanol–water partition coefficient (Wildman–Crippen LogP) is 1.48. The fraction of sp³-hybridized carbons (Fsp3) is 0.385. The minimum atomic E-state index is -0.970. The standard InChI is InChI=1S/C13H14ClN5O3/c14-10-9-8(4-15-11(9)17-6-16-10)12(20)18-7-2-1-3-19(5-7)13(21)22/h4,6-7H,1-3,5H2,(H,18,20)(H,21,22)(H,15,16,17). The van der Waals surface area contributed by atoms with E-state index in [-0.39, 0.29) is 23.6 Å². The van der Waals surface area contributed by atoms with Crippen molar-refractivity contribution in [1.29, 1.82) is 0 Å². The molecule has 8 nitrogen and oxygen atoms in total. The van der Waals surface area contributed by atoms with E-state index in [1.807, 2.05) is 0 Å². The Kier molecular flexibility index (Phi) is 3.84. The van der Waals surface area contributed by atoms with Crippen molar-refractivity contribution in [3.05, 3.63) is 23.2 Å². The summed E-state index contributed by atoms with van der Waals surface area (Å²) in [6.45, 7) is 0.780. The summed E-state index contributed by atoms with van der Waals surface area (Å²) in [6, 6.07) is -0.217. The van der Waals surface area contributed by atoms with Crippen LogP contribution in [0.4, 0.5) is 4.79 Å². The number of carbonyl (C=O) groups excluding carboxylic acids is 1. The number of carboxylic acid groups (broad SMARTS) is 1. The molecule has 1 saturated heterocycles. The van der Waals surface area contributed by atoms with E-state index in [0.717, 1.165) is 12.8 Å². The zero-order chi connectivity index (χ0) is 15.7. The van der Waals surface area contributed by atoms with Gasteiger partial charge in [0.15, 0.2) is 0 Å². The second kappa shape index (κ2) is 5.80. The van der Waals surface area contributed by atoms with Crippen LogP contribution in [0.1, 0.15) is 23.2 Å². The van der Waals surface area contributed by atoms with E-state index in [2.05, 4.69) is 20.3 Å². The third-order valence-corrected chi connectivity index (χ3v) is 3.98. The number of fused-ring (bicyclic) bond motifs is 1. The molecule has 1 unspecified atom stereocenters. The average molecular weight is 324 g/mol. The smallest absolute Gasteiger partial charge is 0.407 e. The molecule has 3 heterocycles. The van der Waals surface area contributed by atoms with Crippen molar-refractivity contribution >= 4 is 34.6 Å². The lowest BCUT2D eigenvalue weighted by Gasteiger charge is -2.31. The molecule has 0 radical (unpaired) electrons. The van der Waals surface area contributed by atoms with Crippen molar-refractivity contribution in [1.82, 2.24) is 25.2 Å². The van der Waals surface area contributed by atoms with Crippen molar-refractivity contribution in [2.75, 3.05) is 13.1 Å². The van der Waals surface area contributed by atoms with Crippen molar-refractivity contribution in [3.63, 3.8) is 0 Å². The van der Waals surface area contributed by atoms with Crippen LogP contribution in [0.3, 0.4) is 0 Å². The highest BCUT2D eigenvalue weighted by Gasteiger charge is 2.26. The number of nitrogens with zero attached hydrogens (tertiary/aromatic N) is 3. The van der Waals surface area contributed by atoms with Gasteiger partial charge in [-0.25, -0.2) is 14.8 Å². The van der Waals surface area contributed by atoms with Gasteiger partial charge < -0.3 is 20.3 Å². The van der Waals surface area contributed by atoms with E-state index in [4.69, 9.17) is 16.7 Å². The van der Waals surface area contributed by atoms with Gasteiger partial charge in [-0.2, -0.15) is 0 Å². The highest BCUT2D eigenvalue weighted by atomic mass is 35.5. The first-order valence-electron chi connectivity index (χ1n) is 6.82. The molecule has 0 saturated carbocycles. The van der Waals surface area contributed by atoms with Crippen LogP contribution in [0.5, 0.6) is 0 Å². The Morgan fingerprint density at radius 1 is 1.45 bits per heavy atom. The molecular formula is C13H14ClN5O3. The number of nitrogens with one attached hydrogen (secondary N) is 2. The van der Waals surface area contributed by atoms with Crippen LogP contribution in [0.2, 0.25) is 5.15 Å². The summed E-state index contributed by atoms with van der Waals surface area (Å²) in [5.74, 6) is -0.319. The maximum absolute atomic E-state index is 12.4. The second-order valence-corrected chi connectivity index (χ2v) is 5.49. The molecule has 0 aromatic carbocycles. The number of H-pyrrole nitrogens is 1. The lowest BCUT2D eigenvalue weighted by molar-refractivity contribution is 0.0890. The number of aromatic amines is 1. The number of hydrogen-bond acceptors (Lipinski definition) is 4. The summed E-state index contributed by atoms with van der Waals surface area (Å²) < 4.78 is 0. The van der Waals surface area contributed by atoms with Crippen LogP contribution < -0.4 is 5.32 Å². The molecule has 116 valence electrons. The topological polar surface area (TPSA) is 111 Å². The van der Waals surface area contributed by atoms with Gasteiger partial charge in [-0.05, 0) is 12.8 Å². The van der Waals surface area contributed by atoms with Crippen molar-refractivity contribution in [2.24, 2.45) is 0 Å². The molecule has 1 aliphatic rings. The van der Waals surface area contributed by atoms with Crippen LogP contribution in [-0.4, -0.2) is 56.1 Å². The Labute approximate surface area is 130 Å². The molecule has 1 fully saturated rings. The van der Waals surface area contributed by atoms with Gasteiger partial charge in [-0.3, -0.25) is 4.79 Å². The number of aromatic nitrogens is 3. The molecule has 0 bridgehead atoms. The van der Waals surface area contributed by atoms with Gasteiger partial charge in [0, 0.05) is 25.3 Å². The van der Waals surface area contributed by atoms with Gasteiger partial charge in [0.2, 0.25) is 0 Å². The molecule has 1 aliphatic heterocycles. The summed E-state index contributed by atoms with van der Waals surface area (Å²) in [6.07, 6.45) is 3.33. The van der Waals surface area contributed by atoms with E-state index in [0.29, 0.717) is 23.1 Å². The maximum atomic E-state index is 12.4. The molecule has 2 aromatic heterocycles. The van der Waals surface area contributed by atoms with Crippen molar-refractivity contribution in [3.8, 4) is 0 Å². The Bertz CT molecular complexity index is 732. The molecule has 0 spiro atoms. The van der Waals surface area contributed by atoms with Gasteiger partial charge >= 0.3 is 6.09 Å². The van der Waals surface area contributed by atoms with Crippen molar-refractivity contribution < 1.29 is 14.7 Å². The number of hydrogen-bond donors (Lipinski definition) is 3. The Morgan fingerprint density at radius 2 is 2.27 bits per heavy atom. The SMILES string of the molecule is O=C(NC1CCCN(C(=O)O)C1)c1c[nH]c2ncnc(Cl)c12. The lowest BCUT2D eigenvalue weighted by Crippen LogP contribution is -2.49. The number of halogens is 1. The van der Waals surface area contributed by atoms with Gasteiger partial charge in [0.1, 0.15) is 17.1 Å². The molecule has 2 aromatic rings. The summed E-state index contributed by atoms with van der Waals surface area (Å²) >= 11 is 6.02. The molecular weight excluding hydrogens is 310 g/mol. The van der Waals surface area contributed by atoms with Crippen LogP contribution in [-0.2, 0) is 0 Å². The summed E-state index contributed by atoms with van der Waals surface area (Å²) in [5, 5.41) is 12.5. The molecule has 1 atom stereocenters. The average Bonchev–Trinajstić information content (AvgIpc) is 2.93. The molecule has 22 heavy (non-hydrogen) atoms. The number of rotatable bonds is 2. The number of carbonyl (C=O) groups is 2. The summed E-state index contributed by atoms with van der Waals surface area (Å²) in [7, 11) is 0. The largest absolute Gasteiger partial charge is 0.465 e. The monoisotopic (exact) mass is 323 g/mol. The summed E-state index contributed by atoms with van der Waals surface area (Å²) in [5.41, 5.74) is 0.842. The predicted molar refractivity (Wildman–Crippen MR) is 79.0 cm³/mol. The molecule has 0 aliphatic carbocycles. The minimum Gasteiger partial charge on any atom is -0.465 e. The fourth-order valence-corrected chi connectivity index (χ4v) is 2.87. The highest BCUT2D eigenvalue weighted by molar-refractivity contribution is 6.35. The fourth-order valence-electron chi connectivity index (χ4n) is 2.64. The van der Waals surface area contributed by atoms with E-state index < -0.39 is 6.09 Å². The molecule has 9 heteroatoms. The second-order valence-electron chi connectivity index (χ2n) is 5.13. The first kappa shape index (κ1) is 14.6. The highest BCUT2D eigenvalue weighted by Crippen LogP contribution is 2.23. The van der Waals surface area contributed by atoms with Gasteiger partial charge in [-0.15, -0.1) is 0 Å². The van der Waals surface area contributed by atoms with Crippen molar-refractivity contribution in [2.45, 2.75) is 18.9 Å². The third-order valence-electron chi connectivity index (χ3n) is 3.70. The number of likely N-dealkylation sites (tertiary alicyclic amines) is 1. The van der Waals surface area contributed by atoms with Gasteiger partial charge in [0.05, 0.1) is 10.9 Å². The Morgan fingerprint density at radius 3 is 3.05 bits per heavy atom. The first-order valence-corrected chi connectivity index (χ1v) is 7.20. The van der Waals surface area contributed by atoms with Crippen LogP contribution >= 0.6 is 11.6 Å². The number of piperidine rings is 1. The normalized spacial score (nSPS) is 18.4. The van der Waals surface area contributed by atoms with Gasteiger partial charge in [-0.1, -0.05) is 11.6 Å². The van der Waals surface area contributed by atoms with Crippen LogP contribution in [0, 0.1) is 0 Å². The van der Waals surface area contributed by atoms with E-state index >= 15 is 0 Å². The Balaban J connectivity index is 1.78. The van der Waals surface area contributed by atoms with E-state index in [1.54, 1.807) is 0 Å². The molecule has 3 rings (SSSR count). The van der Waals surface area contributed by atoms with Gasteiger partial charge in [0.25, 0.3) is 5.91 Å². The van der Waals surface area contributed by atoms with Crippen LogP contribution in [0.15, 0.2) is 12.5 Å². The zero-order valence-corrected chi connectivity index (χ0v) is 12.3. The molecule has 2 amide bonds. The lowest BCUT2D eigenvalue weighted by atomic mass is 10.1. The summed E-state index contributed by atoms with van der Waals surface area (Å²) in [4.78, 5) is 35.5. The number of amides is 2. The van der Waals surface area contributed by atoms with E-state index in [9.17, 15) is 9.59 Å². The quantitative estimate of drug-likeness (QED) is 0.725. The molecule has 3 N–H and O–H groups in total. The van der Waals surface area contributed by atoms with Crippen LogP contribution in [0.25, 0.3) is 11.0 Å². The van der Waals surface area contributed by atoms with E-state index in [1.165, 1.54) is 17.4 Å².